The van der Waals surface area contributed by atoms with Gasteiger partial charge < -0.3 is 19.5 Å². The van der Waals surface area contributed by atoms with Gasteiger partial charge in [0.15, 0.2) is 0 Å². The van der Waals surface area contributed by atoms with Gasteiger partial charge in [0.1, 0.15) is 5.75 Å². The summed E-state index contributed by atoms with van der Waals surface area (Å²) in [6.07, 6.45) is 5.08. The predicted molar refractivity (Wildman–Crippen MR) is 105 cm³/mol. The summed E-state index contributed by atoms with van der Waals surface area (Å²) >= 11 is 0. The van der Waals surface area contributed by atoms with Crippen molar-refractivity contribution in [1.29, 1.82) is 0 Å². The first-order valence-electron chi connectivity index (χ1n) is 9.81. The second kappa shape index (κ2) is 8.19. The van der Waals surface area contributed by atoms with E-state index in [4.69, 9.17) is 14.2 Å². The first-order chi connectivity index (χ1) is 13.7. The van der Waals surface area contributed by atoms with Crippen LogP contribution in [0.5, 0.6) is 11.6 Å². The van der Waals surface area contributed by atoms with Crippen LogP contribution in [-0.2, 0) is 17.6 Å². The highest BCUT2D eigenvalue weighted by atomic mass is 16.5. The summed E-state index contributed by atoms with van der Waals surface area (Å²) in [4.78, 5) is 17.3. The minimum Gasteiger partial charge on any atom is -0.492 e. The summed E-state index contributed by atoms with van der Waals surface area (Å²) in [7, 11) is 1.61. The lowest BCUT2D eigenvalue weighted by molar-refractivity contribution is 0.0695. The maximum Gasteiger partial charge on any atom is 0.255 e. The lowest BCUT2D eigenvalue weighted by Crippen LogP contribution is -2.39. The van der Waals surface area contributed by atoms with E-state index in [0.29, 0.717) is 37.7 Å². The normalized spacial score (nSPS) is 16.4. The highest BCUT2D eigenvalue weighted by Gasteiger charge is 2.26. The van der Waals surface area contributed by atoms with E-state index in [-0.39, 0.29) is 11.9 Å². The number of nitrogens with one attached hydrogen (secondary N) is 1. The Kier molecular flexibility index (Phi) is 5.48. The van der Waals surface area contributed by atoms with Crippen molar-refractivity contribution in [2.75, 3.05) is 26.9 Å². The molecule has 1 fully saturated rings. The molecule has 28 heavy (non-hydrogen) atoms. The Hall–Kier alpha value is -2.60. The van der Waals surface area contributed by atoms with Crippen molar-refractivity contribution in [3.8, 4) is 11.6 Å². The van der Waals surface area contributed by atoms with Crippen molar-refractivity contribution >= 4 is 5.91 Å². The number of rotatable bonds is 5. The summed E-state index contributed by atoms with van der Waals surface area (Å²) < 4.78 is 16.4. The van der Waals surface area contributed by atoms with E-state index in [1.807, 2.05) is 24.4 Å². The number of benzene rings is 1. The number of aromatic nitrogens is 1. The second-order valence-corrected chi connectivity index (χ2v) is 7.36. The molecule has 2 aliphatic heterocycles. The van der Waals surface area contributed by atoms with Crippen LogP contribution >= 0.6 is 0 Å². The highest BCUT2D eigenvalue weighted by Crippen LogP contribution is 2.35. The average molecular weight is 382 g/mol. The van der Waals surface area contributed by atoms with Gasteiger partial charge in [-0.2, -0.15) is 0 Å². The maximum absolute atomic E-state index is 13.0. The van der Waals surface area contributed by atoms with Gasteiger partial charge in [-0.15, -0.1) is 0 Å². The van der Waals surface area contributed by atoms with E-state index < -0.39 is 0 Å². The van der Waals surface area contributed by atoms with Crippen LogP contribution < -0.4 is 14.8 Å². The van der Waals surface area contributed by atoms with Gasteiger partial charge in [0, 0.05) is 43.5 Å². The van der Waals surface area contributed by atoms with E-state index >= 15 is 0 Å². The molecule has 0 radical (unpaired) electrons. The molecule has 148 valence electrons. The molecule has 0 atom stereocenters. The van der Waals surface area contributed by atoms with Crippen LogP contribution in [0.2, 0.25) is 0 Å². The van der Waals surface area contributed by atoms with Gasteiger partial charge in [-0.1, -0.05) is 6.07 Å². The first kappa shape index (κ1) is 18.7. The number of pyridine rings is 1. The Morgan fingerprint density at radius 2 is 2.11 bits per heavy atom. The minimum atomic E-state index is -0.0563. The molecule has 2 aromatic rings. The number of carbonyl (C=O) groups excluding carboxylic acids is 1. The molecule has 1 N–H and O–H groups in total. The number of hydrogen-bond acceptors (Lipinski definition) is 5. The quantitative estimate of drug-likeness (QED) is 0.861. The average Bonchev–Trinajstić information content (AvgIpc) is 3.21. The van der Waals surface area contributed by atoms with E-state index in [9.17, 15) is 4.79 Å². The zero-order valence-corrected chi connectivity index (χ0v) is 16.4. The van der Waals surface area contributed by atoms with Gasteiger partial charge in [0.25, 0.3) is 5.91 Å². The Morgan fingerprint density at radius 1 is 1.29 bits per heavy atom. The number of amides is 1. The number of ether oxygens (including phenoxy) is 3. The summed E-state index contributed by atoms with van der Waals surface area (Å²) in [6.45, 7) is 4.13. The molecule has 6 nitrogen and oxygen atoms in total. The Balaban J connectivity index is 1.61. The van der Waals surface area contributed by atoms with Crippen LogP contribution in [0.4, 0.5) is 0 Å². The van der Waals surface area contributed by atoms with E-state index in [1.54, 1.807) is 7.11 Å². The second-order valence-electron chi connectivity index (χ2n) is 7.36. The SMILES string of the molecule is COc1ccc(Cc2cc(C(=O)NC3CCOCC3)c3c(c2C)CCO3)cn1. The molecule has 1 aromatic carbocycles. The number of fused-ring (bicyclic) bond motifs is 1. The lowest BCUT2D eigenvalue weighted by Gasteiger charge is -2.24. The molecule has 0 unspecified atom stereocenters. The van der Waals surface area contributed by atoms with Crippen LogP contribution in [0.1, 0.15) is 45.5 Å². The summed E-state index contributed by atoms with van der Waals surface area (Å²) in [6, 6.07) is 6.02. The zero-order valence-electron chi connectivity index (χ0n) is 16.4. The third-order valence-electron chi connectivity index (χ3n) is 5.57. The molecular formula is C22H26N2O4. The van der Waals surface area contributed by atoms with Crippen molar-refractivity contribution < 1.29 is 19.0 Å². The van der Waals surface area contributed by atoms with Crippen LogP contribution in [0.3, 0.4) is 0 Å². The van der Waals surface area contributed by atoms with E-state index in [0.717, 1.165) is 41.7 Å². The van der Waals surface area contributed by atoms with Crippen molar-refractivity contribution in [2.24, 2.45) is 0 Å². The standard InChI is InChI=1S/C22H26N2O4/c1-14-16(11-15-3-4-20(26-2)23-13-15)12-19(21-18(14)7-10-28-21)22(25)24-17-5-8-27-9-6-17/h3-4,12-13,17H,5-11H2,1-2H3,(H,24,25). The molecule has 4 rings (SSSR count). The van der Waals surface area contributed by atoms with Crippen LogP contribution in [0.15, 0.2) is 24.4 Å². The third-order valence-corrected chi connectivity index (χ3v) is 5.57. The summed E-state index contributed by atoms with van der Waals surface area (Å²) in [5.41, 5.74) is 5.20. The van der Waals surface area contributed by atoms with Gasteiger partial charge in [-0.3, -0.25) is 4.79 Å². The Morgan fingerprint density at radius 3 is 2.82 bits per heavy atom. The predicted octanol–water partition coefficient (Wildman–Crippen LogP) is 2.83. The van der Waals surface area contributed by atoms with Gasteiger partial charge >= 0.3 is 0 Å². The molecule has 1 saturated heterocycles. The lowest BCUT2D eigenvalue weighted by atomic mass is 9.92. The zero-order chi connectivity index (χ0) is 19.5. The van der Waals surface area contributed by atoms with Gasteiger partial charge in [-0.05, 0) is 48.9 Å². The molecule has 0 spiro atoms. The fourth-order valence-electron chi connectivity index (χ4n) is 3.91. The highest BCUT2D eigenvalue weighted by molar-refractivity contribution is 5.98. The van der Waals surface area contributed by atoms with Gasteiger partial charge in [0.2, 0.25) is 5.88 Å². The molecule has 2 aliphatic rings. The first-order valence-corrected chi connectivity index (χ1v) is 9.81. The molecular weight excluding hydrogens is 356 g/mol. The van der Waals surface area contributed by atoms with Gasteiger partial charge in [-0.25, -0.2) is 4.98 Å². The van der Waals surface area contributed by atoms with Crippen molar-refractivity contribution in [3.63, 3.8) is 0 Å². The Bertz CT molecular complexity index is 858. The smallest absolute Gasteiger partial charge is 0.255 e. The number of nitrogens with zero attached hydrogens (tertiary/aromatic N) is 1. The van der Waals surface area contributed by atoms with E-state index in [1.165, 1.54) is 5.56 Å². The fraction of sp³-hybridized carbons (Fsp3) is 0.455. The number of methoxy groups -OCH3 is 1. The molecule has 0 aliphatic carbocycles. The maximum atomic E-state index is 13.0. The van der Waals surface area contributed by atoms with E-state index in [2.05, 4.69) is 17.2 Å². The molecule has 1 amide bonds. The summed E-state index contributed by atoms with van der Waals surface area (Å²) in [5, 5.41) is 3.16. The molecule has 6 heteroatoms. The number of carbonyl (C=O) groups is 1. The van der Waals surface area contributed by atoms with Crippen LogP contribution in [0, 0.1) is 6.92 Å². The number of hydrogen-bond donors (Lipinski definition) is 1. The molecule has 0 bridgehead atoms. The summed E-state index contributed by atoms with van der Waals surface area (Å²) in [5.74, 6) is 1.29. The minimum absolute atomic E-state index is 0.0563. The van der Waals surface area contributed by atoms with Crippen molar-refractivity contribution in [2.45, 2.75) is 38.6 Å². The topological polar surface area (TPSA) is 69.7 Å². The molecule has 1 aromatic heterocycles. The Labute approximate surface area is 165 Å². The fourth-order valence-corrected chi connectivity index (χ4v) is 3.91. The largest absolute Gasteiger partial charge is 0.492 e. The van der Waals surface area contributed by atoms with Gasteiger partial charge in [0.05, 0.1) is 19.3 Å². The van der Waals surface area contributed by atoms with Crippen LogP contribution in [-0.4, -0.2) is 43.9 Å². The molecule has 3 heterocycles. The third kappa shape index (κ3) is 3.83. The monoisotopic (exact) mass is 382 g/mol. The molecule has 0 saturated carbocycles. The van der Waals surface area contributed by atoms with Crippen molar-refractivity contribution in [1.82, 2.24) is 10.3 Å². The van der Waals surface area contributed by atoms with Crippen LogP contribution in [0.25, 0.3) is 0 Å². The van der Waals surface area contributed by atoms with Crippen molar-refractivity contribution in [3.05, 3.63) is 52.2 Å².